The first-order chi connectivity index (χ1) is 16.8. The number of anilines is 1. The molecule has 6 nitrogen and oxygen atoms in total. The quantitative estimate of drug-likeness (QED) is 0.459. The van der Waals surface area contributed by atoms with E-state index in [0.29, 0.717) is 30.5 Å². The van der Waals surface area contributed by atoms with E-state index in [2.05, 4.69) is 66.0 Å². The standard InChI is InChI=1S/C29H44N4O2/c1-20(2)24-12-9-11-23(16-24)18-30-19-27(34)26-14-21(3)10-7-5-6-8-13-31-28-17-25(29(35)33-26)15-22(4)32-28/h9,11-12,15-17,20-21,26-27,30,34H,5-8,10,13-14,18-19H2,1-4H3,(H,31,32)(H,33,35)/t21-,26+,27-/m1/s1. The molecule has 1 aliphatic heterocycles. The number of nitrogens with one attached hydrogen (secondary N) is 3. The Morgan fingerprint density at radius 1 is 1.14 bits per heavy atom. The van der Waals surface area contributed by atoms with Gasteiger partial charge in [0.25, 0.3) is 5.91 Å². The molecule has 1 aromatic heterocycles. The summed E-state index contributed by atoms with van der Waals surface area (Å²) >= 11 is 0. The number of carbonyl (C=O) groups is 1. The van der Waals surface area contributed by atoms with Gasteiger partial charge < -0.3 is 21.1 Å². The number of benzene rings is 1. The van der Waals surface area contributed by atoms with Crippen molar-refractivity contribution in [3.8, 4) is 0 Å². The number of aliphatic hydroxyl groups is 1. The number of nitrogens with zero attached hydrogens (tertiary/aromatic N) is 1. The predicted molar refractivity (Wildman–Crippen MR) is 144 cm³/mol. The number of aliphatic hydroxyl groups excluding tert-OH is 1. The van der Waals surface area contributed by atoms with Gasteiger partial charge in [-0.25, -0.2) is 4.98 Å². The van der Waals surface area contributed by atoms with Crippen LogP contribution in [0.4, 0.5) is 5.82 Å². The molecular weight excluding hydrogens is 436 g/mol. The van der Waals surface area contributed by atoms with Crippen LogP contribution in [0.1, 0.15) is 92.4 Å². The van der Waals surface area contributed by atoms with Crippen LogP contribution in [0.15, 0.2) is 36.4 Å². The Morgan fingerprint density at radius 3 is 2.74 bits per heavy atom. The van der Waals surface area contributed by atoms with E-state index in [1.807, 2.05) is 19.1 Å². The van der Waals surface area contributed by atoms with E-state index in [0.717, 1.165) is 37.3 Å². The average molecular weight is 481 g/mol. The molecule has 192 valence electrons. The molecule has 6 heteroatoms. The Bertz CT molecular complexity index is 946. The van der Waals surface area contributed by atoms with Crippen molar-refractivity contribution < 1.29 is 9.90 Å². The number of hydrogen-bond acceptors (Lipinski definition) is 5. The van der Waals surface area contributed by atoms with Crippen LogP contribution in [0.3, 0.4) is 0 Å². The fraction of sp³-hybridized carbons (Fsp3) is 0.586. The highest BCUT2D eigenvalue weighted by Gasteiger charge is 2.24. The van der Waals surface area contributed by atoms with Crippen molar-refractivity contribution in [3.05, 3.63) is 58.8 Å². The summed E-state index contributed by atoms with van der Waals surface area (Å²) in [5.74, 6) is 1.49. The minimum atomic E-state index is -0.675. The number of fused-ring (bicyclic) bond motifs is 2. The molecular formula is C29H44N4O2. The van der Waals surface area contributed by atoms with Crippen LogP contribution >= 0.6 is 0 Å². The summed E-state index contributed by atoms with van der Waals surface area (Å²) in [6, 6.07) is 11.9. The van der Waals surface area contributed by atoms with E-state index < -0.39 is 6.10 Å². The summed E-state index contributed by atoms with van der Waals surface area (Å²) in [6.07, 6.45) is 5.85. The Hall–Kier alpha value is -2.44. The normalized spacial score (nSPS) is 20.9. The SMILES string of the molecule is Cc1cc2cc(n1)NCCCCCC[C@@H](C)C[C@@H]([C@H](O)CNCc1cccc(C(C)C)c1)NC2=O. The molecule has 0 saturated heterocycles. The summed E-state index contributed by atoms with van der Waals surface area (Å²) < 4.78 is 0. The second-order valence-electron chi connectivity index (χ2n) is 10.5. The highest BCUT2D eigenvalue weighted by Crippen LogP contribution is 2.20. The van der Waals surface area contributed by atoms with Gasteiger partial charge in [0.1, 0.15) is 5.82 Å². The van der Waals surface area contributed by atoms with Crippen LogP contribution in [0.2, 0.25) is 0 Å². The van der Waals surface area contributed by atoms with Gasteiger partial charge >= 0.3 is 0 Å². The molecule has 0 saturated carbocycles. The highest BCUT2D eigenvalue weighted by atomic mass is 16.3. The molecule has 1 aliphatic rings. The van der Waals surface area contributed by atoms with Crippen molar-refractivity contribution >= 4 is 11.7 Å². The van der Waals surface area contributed by atoms with Crippen molar-refractivity contribution in [1.82, 2.24) is 15.6 Å². The molecule has 35 heavy (non-hydrogen) atoms. The molecule has 2 aromatic rings. The third-order valence-electron chi connectivity index (χ3n) is 6.88. The van der Waals surface area contributed by atoms with E-state index in [4.69, 9.17) is 0 Å². The van der Waals surface area contributed by atoms with Crippen molar-refractivity contribution in [3.63, 3.8) is 0 Å². The lowest BCUT2D eigenvalue weighted by Gasteiger charge is -2.27. The van der Waals surface area contributed by atoms with Crippen LogP contribution in [-0.2, 0) is 6.54 Å². The lowest BCUT2D eigenvalue weighted by molar-refractivity contribution is 0.0792. The zero-order chi connectivity index (χ0) is 25.2. The van der Waals surface area contributed by atoms with Crippen LogP contribution < -0.4 is 16.0 Å². The number of carbonyl (C=O) groups excluding carboxylic acids is 1. The second kappa shape index (κ2) is 13.6. The minimum absolute atomic E-state index is 0.158. The summed E-state index contributed by atoms with van der Waals surface area (Å²) in [7, 11) is 0. The van der Waals surface area contributed by atoms with E-state index >= 15 is 0 Å². The zero-order valence-corrected chi connectivity index (χ0v) is 21.9. The van der Waals surface area contributed by atoms with Gasteiger partial charge in [0.05, 0.1) is 12.1 Å². The Kier molecular flexibility index (Phi) is 10.5. The maximum absolute atomic E-state index is 13.2. The predicted octanol–water partition coefficient (Wildman–Crippen LogP) is 5.16. The number of aromatic nitrogens is 1. The van der Waals surface area contributed by atoms with Gasteiger partial charge in [-0.2, -0.15) is 0 Å². The first-order valence-corrected chi connectivity index (χ1v) is 13.3. The number of amides is 1. The topological polar surface area (TPSA) is 86.3 Å². The molecule has 3 atom stereocenters. The fourth-order valence-corrected chi connectivity index (χ4v) is 4.76. The monoisotopic (exact) mass is 480 g/mol. The Balaban J connectivity index is 1.68. The average Bonchev–Trinajstić information content (AvgIpc) is 2.82. The Morgan fingerprint density at radius 2 is 1.94 bits per heavy atom. The first-order valence-electron chi connectivity index (χ1n) is 13.3. The molecule has 2 bridgehead atoms. The number of aryl methyl sites for hydroxylation is 1. The largest absolute Gasteiger partial charge is 0.390 e. The molecule has 0 fully saturated rings. The van der Waals surface area contributed by atoms with Crippen molar-refractivity contribution in [2.24, 2.45) is 5.92 Å². The third kappa shape index (κ3) is 8.93. The summed E-state index contributed by atoms with van der Waals surface area (Å²) in [6.45, 7) is 10.5. The molecule has 3 rings (SSSR count). The van der Waals surface area contributed by atoms with E-state index in [1.165, 1.54) is 30.4 Å². The van der Waals surface area contributed by atoms with Crippen molar-refractivity contribution in [2.75, 3.05) is 18.4 Å². The van der Waals surface area contributed by atoms with Gasteiger partial charge in [-0.3, -0.25) is 4.79 Å². The van der Waals surface area contributed by atoms with Crippen LogP contribution in [0.5, 0.6) is 0 Å². The van der Waals surface area contributed by atoms with Crippen LogP contribution in [0, 0.1) is 12.8 Å². The summed E-state index contributed by atoms with van der Waals surface area (Å²) in [4.78, 5) is 17.7. The molecule has 1 amide bonds. The van der Waals surface area contributed by atoms with Gasteiger partial charge in [-0.05, 0) is 54.9 Å². The molecule has 2 heterocycles. The Labute approximate surface area is 211 Å². The lowest BCUT2D eigenvalue weighted by atomic mass is 9.92. The number of rotatable bonds is 6. The molecule has 0 aliphatic carbocycles. The van der Waals surface area contributed by atoms with E-state index in [9.17, 15) is 9.90 Å². The van der Waals surface area contributed by atoms with Crippen LogP contribution in [0.25, 0.3) is 0 Å². The third-order valence-corrected chi connectivity index (χ3v) is 6.88. The molecule has 4 N–H and O–H groups in total. The maximum atomic E-state index is 13.2. The minimum Gasteiger partial charge on any atom is -0.390 e. The van der Waals surface area contributed by atoms with Crippen LogP contribution in [-0.4, -0.2) is 41.2 Å². The molecule has 0 spiro atoms. The van der Waals surface area contributed by atoms with E-state index in [-0.39, 0.29) is 11.9 Å². The number of pyridine rings is 1. The molecule has 0 unspecified atom stereocenters. The summed E-state index contributed by atoms with van der Waals surface area (Å²) in [5, 5.41) is 21.0. The van der Waals surface area contributed by atoms with Gasteiger partial charge in [-0.15, -0.1) is 0 Å². The molecule has 1 aromatic carbocycles. The van der Waals surface area contributed by atoms with Gasteiger partial charge in [0.2, 0.25) is 0 Å². The summed E-state index contributed by atoms with van der Waals surface area (Å²) in [5.41, 5.74) is 3.91. The first kappa shape index (κ1) is 27.2. The van der Waals surface area contributed by atoms with Crippen molar-refractivity contribution in [2.45, 2.75) is 90.8 Å². The molecule has 0 radical (unpaired) electrons. The fourth-order valence-electron chi connectivity index (χ4n) is 4.76. The number of hydrogen-bond donors (Lipinski definition) is 4. The van der Waals surface area contributed by atoms with E-state index in [1.54, 1.807) is 0 Å². The zero-order valence-electron chi connectivity index (χ0n) is 21.9. The highest BCUT2D eigenvalue weighted by molar-refractivity contribution is 5.95. The van der Waals surface area contributed by atoms with Crippen molar-refractivity contribution in [1.29, 1.82) is 0 Å². The second-order valence-corrected chi connectivity index (χ2v) is 10.5. The van der Waals surface area contributed by atoms with Gasteiger partial charge in [0, 0.05) is 30.9 Å². The van der Waals surface area contributed by atoms with Gasteiger partial charge in [0.15, 0.2) is 0 Å². The smallest absolute Gasteiger partial charge is 0.251 e. The van der Waals surface area contributed by atoms with Gasteiger partial charge in [-0.1, -0.05) is 70.7 Å². The lowest BCUT2D eigenvalue weighted by Crippen LogP contribution is -2.48. The maximum Gasteiger partial charge on any atom is 0.251 e.